The molecule has 116 valence electrons. The number of pyridine rings is 1. The molecular weight excluding hydrogens is 293 g/mol. The summed E-state index contributed by atoms with van der Waals surface area (Å²) in [7, 11) is 0. The number of piperazine rings is 1. The normalized spacial score (nSPS) is 15.3. The van der Waals surface area contributed by atoms with Crippen molar-refractivity contribution in [2.24, 2.45) is 0 Å². The minimum Gasteiger partial charge on any atom is -0.353 e. The van der Waals surface area contributed by atoms with Crippen molar-refractivity contribution in [2.45, 2.75) is 6.92 Å². The minimum absolute atomic E-state index is 0.303. The molecule has 1 aromatic carbocycles. The van der Waals surface area contributed by atoms with Crippen LogP contribution in [0.5, 0.6) is 0 Å². The molecule has 0 amide bonds. The molecular formula is C17H16FN5. The van der Waals surface area contributed by atoms with Gasteiger partial charge in [0.2, 0.25) is 0 Å². The first-order valence-corrected chi connectivity index (χ1v) is 7.67. The zero-order valence-electron chi connectivity index (χ0n) is 12.8. The van der Waals surface area contributed by atoms with Crippen LogP contribution in [0.15, 0.2) is 24.3 Å². The van der Waals surface area contributed by atoms with Gasteiger partial charge < -0.3 is 10.2 Å². The fourth-order valence-electron chi connectivity index (χ4n) is 3.24. The van der Waals surface area contributed by atoms with E-state index >= 15 is 4.39 Å². The lowest BCUT2D eigenvalue weighted by atomic mass is 10.1. The van der Waals surface area contributed by atoms with Crippen LogP contribution in [-0.4, -0.2) is 35.6 Å². The maximum atomic E-state index is 15.1. The Morgan fingerprint density at radius 2 is 2.00 bits per heavy atom. The van der Waals surface area contributed by atoms with Crippen LogP contribution in [0, 0.1) is 24.1 Å². The van der Waals surface area contributed by atoms with Crippen molar-refractivity contribution in [3.63, 3.8) is 0 Å². The summed E-state index contributed by atoms with van der Waals surface area (Å²) in [6, 6.07) is 9.72. The number of fused-ring (bicyclic) bond motifs is 3. The van der Waals surface area contributed by atoms with E-state index in [1.54, 1.807) is 11.3 Å². The number of nitriles is 1. The average Bonchev–Trinajstić information content (AvgIpc) is 2.96. The van der Waals surface area contributed by atoms with Crippen LogP contribution < -0.4 is 10.2 Å². The van der Waals surface area contributed by atoms with Crippen LogP contribution >= 0.6 is 0 Å². The molecule has 0 bridgehead atoms. The fourth-order valence-corrected chi connectivity index (χ4v) is 3.24. The van der Waals surface area contributed by atoms with E-state index in [1.165, 1.54) is 0 Å². The lowest BCUT2D eigenvalue weighted by Gasteiger charge is -2.31. The molecule has 1 aliphatic heterocycles. The number of aromatic nitrogens is 2. The summed E-state index contributed by atoms with van der Waals surface area (Å²) in [4.78, 5) is 6.60. The molecule has 0 radical (unpaired) electrons. The number of nitrogens with one attached hydrogen (secondary N) is 1. The molecule has 2 aromatic heterocycles. The Morgan fingerprint density at radius 3 is 2.74 bits per heavy atom. The molecule has 0 unspecified atom stereocenters. The van der Waals surface area contributed by atoms with Gasteiger partial charge in [0.15, 0.2) is 17.3 Å². The Balaban J connectivity index is 2.15. The standard InChI is InChI=1S/C17H16FN5/c1-11-12(10-19)16-21-13-4-2-3-5-14(13)23(16)17(15(11)18)22-8-6-20-7-9-22/h2-5,20H,6-9H2,1H3. The molecule has 1 saturated heterocycles. The molecule has 0 spiro atoms. The molecule has 3 aromatic rings. The molecule has 0 saturated carbocycles. The van der Waals surface area contributed by atoms with E-state index in [9.17, 15) is 5.26 Å². The third-order valence-corrected chi connectivity index (χ3v) is 4.43. The smallest absolute Gasteiger partial charge is 0.168 e. The Kier molecular flexibility index (Phi) is 3.17. The van der Waals surface area contributed by atoms with E-state index in [0.717, 1.165) is 37.2 Å². The first-order chi connectivity index (χ1) is 11.2. The zero-order chi connectivity index (χ0) is 16.0. The average molecular weight is 309 g/mol. The number of para-hydroxylation sites is 2. The summed E-state index contributed by atoms with van der Waals surface area (Å²) in [6.07, 6.45) is 0. The summed E-state index contributed by atoms with van der Waals surface area (Å²) in [5, 5.41) is 12.8. The molecule has 23 heavy (non-hydrogen) atoms. The Morgan fingerprint density at radius 1 is 1.26 bits per heavy atom. The van der Waals surface area contributed by atoms with Crippen molar-refractivity contribution in [2.75, 3.05) is 31.1 Å². The van der Waals surface area contributed by atoms with Crippen LogP contribution in [-0.2, 0) is 0 Å². The fraction of sp³-hybridized carbons (Fsp3) is 0.294. The van der Waals surface area contributed by atoms with E-state index in [2.05, 4.69) is 16.4 Å². The monoisotopic (exact) mass is 309 g/mol. The number of halogens is 1. The van der Waals surface area contributed by atoms with Crippen LogP contribution in [0.4, 0.5) is 10.2 Å². The van der Waals surface area contributed by atoms with Crippen LogP contribution in [0.25, 0.3) is 16.7 Å². The minimum atomic E-state index is -0.334. The van der Waals surface area contributed by atoms with Gasteiger partial charge in [-0.05, 0) is 19.1 Å². The number of rotatable bonds is 1. The number of nitrogens with zero attached hydrogens (tertiary/aromatic N) is 4. The molecule has 3 heterocycles. The summed E-state index contributed by atoms with van der Waals surface area (Å²) in [5.41, 5.74) is 2.79. The summed E-state index contributed by atoms with van der Waals surface area (Å²) in [5.74, 6) is 0.172. The van der Waals surface area contributed by atoms with Gasteiger partial charge in [0, 0.05) is 31.7 Å². The first-order valence-electron chi connectivity index (χ1n) is 7.67. The van der Waals surface area contributed by atoms with Crippen molar-refractivity contribution < 1.29 is 4.39 Å². The van der Waals surface area contributed by atoms with Gasteiger partial charge in [-0.15, -0.1) is 0 Å². The highest BCUT2D eigenvalue weighted by Crippen LogP contribution is 2.32. The van der Waals surface area contributed by atoms with Gasteiger partial charge in [0.25, 0.3) is 0 Å². The van der Waals surface area contributed by atoms with E-state index in [0.29, 0.717) is 22.6 Å². The second-order valence-corrected chi connectivity index (χ2v) is 5.75. The SMILES string of the molecule is Cc1c(F)c(N2CCNCC2)n2c(nc3ccccc32)c1C#N. The second kappa shape index (κ2) is 5.21. The van der Waals surface area contributed by atoms with Gasteiger partial charge in [-0.25, -0.2) is 9.37 Å². The topological polar surface area (TPSA) is 56.4 Å². The van der Waals surface area contributed by atoms with Crippen molar-refractivity contribution in [1.82, 2.24) is 14.7 Å². The predicted molar refractivity (Wildman–Crippen MR) is 87.2 cm³/mol. The molecule has 0 atom stereocenters. The van der Waals surface area contributed by atoms with Crippen LogP contribution in [0.1, 0.15) is 11.1 Å². The van der Waals surface area contributed by atoms with Crippen molar-refractivity contribution in [3.8, 4) is 6.07 Å². The summed E-state index contributed by atoms with van der Waals surface area (Å²) in [6.45, 7) is 4.73. The third-order valence-electron chi connectivity index (χ3n) is 4.43. The zero-order valence-corrected chi connectivity index (χ0v) is 12.8. The number of hydrogen-bond acceptors (Lipinski definition) is 4. The third kappa shape index (κ3) is 1.97. The maximum Gasteiger partial charge on any atom is 0.168 e. The van der Waals surface area contributed by atoms with Crippen molar-refractivity contribution >= 4 is 22.5 Å². The molecule has 1 fully saturated rings. The van der Waals surface area contributed by atoms with Gasteiger partial charge >= 0.3 is 0 Å². The number of hydrogen-bond donors (Lipinski definition) is 1. The second-order valence-electron chi connectivity index (χ2n) is 5.75. The van der Waals surface area contributed by atoms with E-state index in [4.69, 9.17) is 0 Å². The van der Waals surface area contributed by atoms with E-state index in [-0.39, 0.29) is 5.82 Å². The van der Waals surface area contributed by atoms with E-state index < -0.39 is 0 Å². The summed E-state index contributed by atoms with van der Waals surface area (Å²) < 4.78 is 16.9. The first kappa shape index (κ1) is 14.0. The van der Waals surface area contributed by atoms with Gasteiger partial charge in [-0.3, -0.25) is 4.40 Å². The number of benzene rings is 1. The highest BCUT2D eigenvalue weighted by atomic mass is 19.1. The number of imidazole rings is 1. The van der Waals surface area contributed by atoms with Gasteiger partial charge in [-0.1, -0.05) is 12.1 Å². The lowest BCUT2D eigenvalue weighted by Crippen LogP contribution is -2.44. The Hall–Kier alpha value is -2.65. The largest absolute Gasteiger partial charge is 0.353 e. The Bertz CT molecular complexity index is 947. The summed E-state index contributed by atoms with van der Waals surface area (Å²) >= 11 is 0. The van der Waals surface area contributed by atoms with Crippen molar-refractivity contribution in [3.05, 3.63) is 41.2 Å². The highest BCUT2D eigenvalue weighted by molar-refractivity contribution is 5.85. The number of anilines is 1. The molecule has 5 nitrogen and oxygen atoms in total. The van der Waals surface area contributed by atoms with Gasteiger partial charge in [0.05, 0.1) is 11.0 Å². The Labute approximate surface area is 133 Å². The van der Waals surface area contributed by atoms with Crippen LogP contribution in [0.3, 0.4) is 0 Å². The molecule has 1 N–H and O–H groups in total. The molecule has 4 rings (SSSR count). The van der Waals surface area contributed by atoms with Crippen LogP contribution in [0.2, 0.25) is 0 Å². The van der Waals surface area contributed by atoms with Gasteiger partial charge in [0.1, 0.15) is 11.6 Å². The maximum absolute atomic E-state index is 15.1. The van der Waals surface area contributed by atoms with Crippen molar-refractivity contribution in [1.29, 1.82) is 5.26 Å². The lowest BCUT2D eigenvalue weighted by molar-refractivity contribution is 0.553. The van der Waals surface area contributed by atoms with Gasteiger partial charge in [-0.2, -0.15) is 5.26 Å². The van der Waals surface area contributed by atoms with E-state index in [1.807, 2.05) is 29.2 Å². The quantitative estimate of drug-likeness (QED) is 0.749. The molecule has 0 aliphatic carbocycles. The molecule has 1 aliphatic rings. The highest BCUT2D eigenvalue weighted by Gasteiger charge is 2.25. The molecule has 6 heteroatoms. The predicted octanol–water partition coefficient (Wildman–Crippen LogP) is 2.22.